The van der Waals surface area contributed by atoms with Crippen molar-refractivity contribution in [2.24, 2.45) is 0 Å². The van der Waals surface area contributed by atoms with E-state index in [1.54, 1.807) is 0 Å². The van der Waals surface area contributed by atoms with Crippen LogP contribution in [-0.2, 0) is 5.41 Å². The molecule has 0 aliphatic rings. The Hall–Kier alpha value is -1.60. The Labute approximate surface area is 115 Å². The summed E-state index contributed by atoms with van der Waals surface area (Å²) in [5.41, 5.74) is 4.49. The molecule has 0 amide bonds. The molecule has 1 nitrogen and oxygen atoms in total. The number of benzene rings is 2. The van der Waals surface area contributed by atoms with Gasteiger partial charge in [0.25, 0.3) is 0 Å². The van der Waals surface area contributed by atoms with Gasteiger partial charge in [-0.1, -0.05) is 74.9 Å². The average molecular weight is 254 g/mol. The monoisotopic (exact) mass is 254 g/mol. The number of hydrogen-bond donors (Lipinski definition) is 1. The molecule has 0 aliphatic carbocycles. The Balaban J connectivity index is 2.27. The first kappa shape index (κ1) is 13.8. The zero-order chi connectivity index (χ0) is 14.0. The Morgan fingerprint density at radius 2 is 1.53 bits per heavy atom. The third-order valence-electron chi connectivity index (χ3n) is 3.45. The van der Waals surface area contributed by atoms with Crippen molar-refractivity contribution in [3.63, 3.8) is 0 Å². The lowest BCUT2D eigenvalue weighted by Crippen LogP contribution is -2.11. The number of hydrogen-bond acceptors (Lipinski definition) is 1. The van der Waals surface area contributed by atoms with E-state index in [4.69, 9.17) is 0 Å². The largest absolute Gasteiger partial charge is 0.384 e. The van der Waals surface area contributed by atoms with E-state index in [0.717, 1.165) is 11.1 Å². The normalized spacial score (nSPS) is 13.3. The van der Waals surface area contributed by atoms with Gasteiger partial charge in [-0.2, -0.15) is 0 Å². The lowest BCUT2D eigenvalue weighted by Gasteiger charge is -2.20. The quantitative estimate of drug-likeness (QED) is 0.843. The van der Waals surface area contributed by atoms with Crippen LogP contribution in [-0.4, -0.2) is 5.11 Å². The van der Waals surface area contributed by atoms with Gasteiger partial charge in [0.05, 0.1) is 0 Å². The standard InChI is InChI=1S/C18H22O/c1-13-6-5-7-15(12-13)17(19)14-8-10-16(11-9-14)18(2,3)4/h5-12,17,19H,1-4H3/t17-/m0/s1. The van der Waals surface area contributed by atoms with Crippen molar-refractivity contribution in [3.8, 4) is 0 Å². The maximum absolute atomic E-state index is 10.4. The molecule has 0 saturated heterocycles. The molecule has 2 aromatic carbocycles. The van der Waals surface area contributed by atoms with E-state index < -0.39 is 6.10 Å². The highest BCUT2D eigenvalue weighted by Gasteiger charge is 2.15. The van der Waals surface area contributed by atoms with E-state index >= 15 is 0 Å². The average Bonchev–Trinajstić information content (AvgIpc) is 2.37. The summed E-state index contributed by atoms with van der Waals surface area (Å²) in [6, 6.07) is 16.3. The first-order chi connectivity index (χ1) is 8.88. The van der Waals surface area contributed by atoms with Crippen molar-refractivity contribution in [2.45, 2.75) is 39.2 Å². The van der Waals surface area contributed by atoms with Gasteiger partial charge in [-0.15, -0.1) is 0 Å². The second kappa shape index (κ2) is 5.18. The van der Waals surface area contributed by atoms with Gasteiger partial charge in [-0.05, 0) is 29.0 Å². The minimum Gasteiger partial charge on any atom is -0.384 e. The molecule has 0 heterocycles. The predicted molar refractivity (Wildman–Crippen MR) is 80.4 cm³/mol. The topological polar surface area (TPSA) is 20.2 Å². The summed E-state index contributed by atoms with van der Waals surface area (Å²) in [6.45, 7) is 8.62. The van der Waals surface area contributed by atoms with Crippen LogP contribution in [0.2, 0.25) is 0 Å². The zero-order valence-corrected chi connectivity index (χ0v) is 12.1. The predicted octanol–water partition coefficient (Wildman–Crippen LogP) is 4.37. The van der Waals surface area contributed by atoms with Gasteiger partial charge in [0.1, 0.15) is 6.10 Å². The Kier molecular flexibility index (Phi) is 3.77. The summed E-state index contributed by atoms with van der Waals surface area (Å²) in [5, 5.41) is 10.4. The second-order valence-electron chi connectivity index (χ2n) is 6.19. The summed E-state index contributed by atoms with van der Waals surface area (Å²) in [6.07, 6.45) is -0.547. The van der Waals surface area contributed by atoms with Crippen LogP contribution in [0.3, 0.4) is 0 Å². The van der Waals surface area contributed by atoms with Crippen molar-refractivity contribution in [1.82, 2.24) is 0 Å². The maximum Gasteiger partial charge on any atom is 0.104 e. The van der Waals surface area contributed by atoms with Gasteiger partial charge in [-0.3, -0.25) is 0 Å². The molecule has 100 valence electrons. The number of aryl methyl sites for hydroxylation is 1. The summed E-state index contributed by atoms with van der Waals surface area (Å²) in [7, 11) is 0. The minimum atomic E-state index is -0.547. The first-order valence-corrected chi connectivity index (χ1v) is 6.73. The highest BCUT2D eigenvalue weighted by atomic mass is 16.3. The molecule has 19 heavy (non-hydrogen) atoms. The molecular weight excluding hydrogens is 232 g/mol. The van der Waals surface area contributed by atoms with E-state index in [1.807, 2.05) is 43.3 Å². The van der Waals surface area contributed by atoms with Gasteiger partial charge in [0, 0.05) is 0 Å². The maximum atomic E-state index is 10.4. The Morgan fingerprint density at radius 3 is 2.05 bits per heavy atom. The Bertz CT molecular complexity index is 547. The van der Waals surface area contributed by atoms with Crippen LogP contribution in [0.25, 0.3) is 0 Å². The van der Waals surface area contributed by atoms with Gasteiger partial charge < -0.3 is 5.11 Å². The van der Waals surface area contributed by atoms with Gasteiger partial charge in [-0.25, -0.2) is 0 Å². The molecule has 0 fully saturated rings. The third-order valence-corrected chi connectivity index (χ3v) is 3.45. The highest BCUT2D eigenvalue weighted by Crippen LogP contribution is 2.26. The van der Waals surface area contributed by atoms with E-state index in [0.29, 0.717) is 0 Å². The number of aliphatic hydroxyl groups excluding tert-OH is 1. The molecule has 2 rings (SSSR count). The van der Waals surface area contributed by atoms with Crippen LogP contribution < -0.4 is 0 Å². The van der Waals surface area contributed by atoms with E-state index in [1.165, 1.54) is 11.1 Å². The van der Waals surface area contributed by atoms with Gasteiger partial charge in [0.2, 0.25) is 0 Å². The molecule has 0 bridgehead atoms. The molecule has 1 atom stereocenters. The number of rotatable bonds is 2. The van der Waals surface area contributed by atoms with Crippen LogP contribution in [0.5, 0.6) is 0 Å². The van der Waals surface area contributed by atoms with Gasteiger partial charge in [0.15, 0.2) is 0 Å². The van der Waals surface area contributed by atoms with Crippen molar-refractivity contribution in [1.29, 1.82) is 0 Å². The number of aliphatic hydroxyl groups is 1. The SMILES string of the molecule is Cc1cccc([C@@H](O)c2ccc(C(C)(C)C)cc2)c1. The Morgan fingerprint density at radius 1 is 0.895 bits per heavy atom. The van der Waals surface area contributed by atoms with Crippen LogP contribution >= 0.6 is 0 Å². The summed E-state index contributed by atoms with van der Waals surface area (Å²) in [5.74, 6) is 0. The van der Waals surface area contributed by atoms with Crippen molar-refractivity contribution in [2.75, 3.05) is 0 Å². The fraction of sp³-hybridized carbons (Fsp3) is 0.333. The summed E-state index contributed by atoms with van der Waals surface area (Å²) in [4.78, 5) is 0. The molecule has 1 heteroatoms. The minimum absolute atomic E-state index is 0.146. The van der Waals surface area contributed by atoms with E-state index in [2.05, 4.69) is 32.9 Å². The van der Waals surface area contributed by atoms with Crippen LogP contribution in [0.15, 0.2) is 48.5 Å². The molecule has 0 spiro atoms. The fourth-order valence-corrected chi connectivity index (χ4v) is 2.20. The van der Waals surface area contributed by atoms with E-state index in [9.17, 15) is 5.11 Å². The fourth-order valence-electron chi connectivity index (χ4n) is 2.20. The third kappa shape index (κ3) is 3.24. The molecule has 2 aromatic rings. The van der Waals surface area contributed by atoms with Crippen LogP contribution in [0.4, 0.5) is 0 Å². The molecule has 0 aromatic heterocycles. The first-order valence-electron chi connectivity index (χ1n) is 6.73. The lowest BCUT2D eigenvalue weighted by molar-refractivity contribution is 0.220. The second-order valence-corrected chi connectivity index (χ2v) is 6.19. The summed E-state index contributed by atoms with van der Waals surface area (Å²) < 4.78 is 0. The van der Waals surface area contributed by atoms with Crippen molar-refractivity contribution in [3.05, 3.63) is 70.8 Å². The lowest BCUT2D eigenvalue weighted by atomic mass is 9.86. The zero-order valence-electron chi connectivity index (χ0n) is 12.1. The van der Waals surface area contributed by atoms with E-state index in [-0.39, 0.29) is 5.41 Å². The molecule has 0 unspecified atom stereocenters. The summed E-state index contributed by atoms with van der Waals surface area (Å²) >= 11 is 0. The van der Waals surface area contributed by atoms with Gasteiger partial charge >= 0.3 is 0 Å². The molecule has 0 saturated carbocycles. The smallest absolute Gasteiger partial charge is 0.104 e. The highest BCUT2D eigenvalue weighted by molar-refractivity contribution is 5.35. The van der Waals surface area contributed by atoms with Crippen LogP contribution in [0.1, 0.15) is 49.1 Å². The molecular formula is C18H22O. The molecule has 1 N–H and O–H groups in total. The molecule has 0 aliphatic heterocycles. The van der Waals surface area contributed by atoms with Crippen molar-refractivity contribution >= 4 is 0 Å². The van der Waals surface area contributed by atoms with Crippen molar-refractivity contribution < 1.29 is 5.11 Å². The van der Waals surface area contributed by atoms with Crippen LogP contribution in [0, 0.1) is 6.92 Å². The molecule has 0 radical (unpaired) electrons.